The van der Waals surface area contributed by atoms with Crippen LogP contribution in [-0.2, 0) is 6.54 Å². The van der Waals surface area contributed by atoms with E-state index < -0.39 is 0 Å². The molecule has 1 aliphatic carbocycles. The van der Waals surface area contributed by atoms with Gasteiger partial charge in [0.05, 0.1) is 18.2 Å². The fraction of sp³-hybridized carbons (Fsp3) is 0.400. The molecular formula is C15H18BrN3. The van der Waals surface area contributed by atoms with Crippen LogP contribution in [0, 0.1) is 0 Å². The minimum atomic E-state index is 0.797. The van der Waals surface area contributed by atoms with Crippen molar-refractivity contribution >= 4 is 15.9 Å². The van der Waals surface area contributed by atoms with Crippen LogP contribution >= 0.6 is 15.9 Å². The first-order valence-corrected chi connectivity index (χ1v) is 7.62. The van der Waals surface area contributed by atoms with E-state index >= 15 is 0 Å². The molecule has 1 N–H and O–H groups in total. The molecule has 1 saturated carbocycles. The van der Waals surface area contributed by atoms with Crippen molar-refractivity contribution in [2.75, 3.05) is 6.54 Å². The van der Waals surface area contributed by atoms with Gasteiger partial charge in [0.1, 0.15) is 0 Å². The molecule has 4 heteroatoms. The second-order valence-corrected chi connectivity index (χ2v) is 5.89. The molecule has 1 aliphatic rings. The van der Waals surface area contributed by atoms with E-state index in [9.17, 15) is 0 Å². The van der Waals surface area contributed by atoms with E-state index in [1.807, 2.05) is 18.6 Å². The number of nitrogens with one attached hydrogen (secondary N) is 1. The highest BCUT2D eigenvalue weighted by Crippen LogP contribution is 2.27. The Bertz CT molecular complexity index is 546. The molecule has 3 nitrogen and oxygen atoms in total. The number of rotatable bonds is 6. The summed E-state index contributed by atoms with van der Waals surface area (Å²) >= 11 is 3.61. The molecule has 2 aromatic rings. The molecule has 0 atom stereocenters. The summed E-state index contributed by atoms with van der Waals surface area (Å²) in [4.78, 5) is 4.29. The van der Waals surface area contributed by atoms with Crippen molar-refractivity contribution in [2.24, 2.45) is 0 Å². The number of hydrogen-bond donors (Lipinski definition) is 1. The van der Waals surface area contributed by atoms with Gasteiger partial charge in [0.2, 0.25) is 0 Å². The first kappa shape index (κ1) is 12.9. The Hall–Kier alpha value is -1.13. The van der Waals surface area contributed by atoms with E-state index in [-0.39, 0.29) is 0 Å². The lowest BCUT2D eigenvalue weighted by Gasteiger charge is -2.10. The van der Waals surface area contributed by atoms with E-state index in [1.165, 1.54) is 24.1 Å². The standard InChI is InChI=1S/C15H18BrN3/c16-14-5-2-1-4-13(14)15-10-17-11-19(15)9-3-8-18-12-6-7-12/h1-2,4-5,10-12,18H,3,6-9H2. The predicted molar refractivity (Wildman–Crippen MR) is 81.0 cm³/mol. The van der Waals surface area contributed by atoms with Gasteiger partial charge in [-0.2, -0.15) is 0 Å². The van der Waals surface area contributed by atoms with Gasteiger partial charge in [-0.1, -0.05) is 34.1 Å². The number of nitrogens with zero attached hydrogens (tertiary/aromatic N) is 2. The highest BCUT2D eigenvalue weighted by Gasteiger charge is 2.19. The predicted octanol–water partition coefficient (Wildman–Crippen LogP) is 3.45. The van der Waals surface area contributed by atoms with Gasteiger partial charge in [-0.3, -0.25) is 0 Å². The monoisotopic (exact) mass is 319 g/mol. The van der Waals surface area contributed by atoms with Crippen LogP contribution in [0.2, 0.25) is 0 Å². The second kappa shape index (κ2) is 5.88. The van der Waals surface area contributed by atoms with E-state index in [0.29, 0.717) is 0 Å². The lowest BCUT2D eigenvalue weighted by Crippen LogP contribution is -2.18. The molecular weight excluding hydrogens is 302 g/mol. The van der Waals surface area contributed by atoms with Gasteiger partial charge in [0, 0.05) is 22.6 Å². The van der Waals surface area contributed by atoms with Gasteiger partial charge < -0.3 is 9.88 Å². The Labute approximate surface area is 122 Å². The summed E-state index contributed by atoms with van der Waals surface area (Å²) in [5, 5.41) is 3.55. The quantitative estimate of drug-likeness (QED) is 0.826. The third kappa shape index (κ3) is 3.25. The number of aromatic nitrogens is 2. The van der Waals surface area contributed by atoms with E-state index in [2.05, 4.69) is 49.0 Å². The van der Waals surface area contributed by atoms with Crippen LogP contribution < -0.4 is 5.32 Å². The fourth-order valence-corrected chi connectivity index (χ4v) is 2.72. The molecule has 1 aromatic heterocycles. The van der Waals surface area contributed by atoms with Crippen LogP contribution in [0.5, 0.6) is 0 Å². The molecule has 100 valence electrons. The Morgan fingerprint density at radius 3 is 2.95 bits per heavy atom. The molecule has 0 unspecified atom stereocenters. The van der Waals surface area contributed by atoms with Crippen molar-refractivity contribution in [3.8, 4) is 11.3 Å². The van der Waals surface area contributed by atoms with Crippen LogP contribution in [-0.4, -0.2) is 22.1 Å². The first-order valence-electron chi connectivity index (χ1n) is 6.83. The van der Waals surface area contributed by atoms with Gasteiger partial charge in [0.15, 0.2) is 0 Å². The van der Waals surface area contributed by atoms with Crippen LogP contribution in [0.1, 0.15) is 19.3 Å². The molecule has 0 spiro atoms. The summed E-state index contributed by atoms with van der Waals surface area (Å²) in [5.41, 5.74) is 2.38. The van der Waals surface area contributed by atoms with E-state index in [4.69, 9.17) is 0 Å². The smallest absolute Gasteiger partial charge is 0.0950 e. The Morgan fingerprint density at radius 2 is 2.16 bits per heavy atom. The third-order valence-corrected chi connectivity index (χ3v) is 4.14. The average molecular weight is 320 g/mol. The summed E-state index contributed by atoms with van der Waals surface area (Å²) in [6.45, 7) is 2.11. The van der Waals surface area contributed by atoms with Gasteiger partial charge in [-0.25, -0.2) is 4.98 Å². The highest BCUT2D eigenvalue weighted by molar-refractivity contribution is 9.10. The zero-order valence-corrected chi connectivity index (χ0v) is 12.4. The number of imidazole rings is 1. The normalized spacial score (nSPS) is 14.8. The maximum absolute atomic E-state index is 4.29. The molecule has 3 rings (SSSR count). The molecule has 0 bridgehead atoms. The third-order valence-electron chi connectivity index (χ3n) is 3.45. The molecule has 1 aromatic carbocycles. The van der Waals surface area contributed by atoms with Crippen LogP contribution in [0.25, 0.3) is 11.3 Å². The Morgan fingerprint density at radius 1 is 1.32 bits per heavy atom. The summed E-state index contributed by atoms with van der Waals surface area (Å²) < 4.78 is 3.35. The number of benzene rings is 1. The van der Waals surface area contributed by atoms with Crippen molar-refractivity contribution in [1.29, 1.82) is 0 Å². The van der Waals surface area contributed by atoms with Crippen molar-refractivity contribution in [1.82, 2.24) is 14.9 Å². The van der Waals surface area contributed by atoms with Crippen LogP contribution in [0.4, 0.5) is 0 Å². The van der Waals surface area contributed by atoms with Crippen molar-refractivity contribution in [3.63, 3.8) is 0 Å². The molecule has 0 radical (unpaired) electrons. The fourth-order valence-electron chi connectivity index (χ4n) is 2.24. The topological polar surface area (TPSA) is 29.9 Å². The Kier molecular flexibility index (Phi) is 3.99. The van der Waals surface area contributed by atoms with E-state index in [1.54, 1.807) is 0 Å². The average Bonchev–Trinajstić information content (AvgIpc) is 3.13. The summed E-state index contributed by atoms with van der Waals surface area (Å²) in [6.07, 6.45) is 7.71. The number of aryl methyl sites for hydroxylation is 1. The molecule has 1 heterocycles. The van der Waals surface area contributed by atoms with Gasteiger partial charge in [-0.05, 0) is 31.9 Å². The molecule has 19 heavy (non-hydrogen) atoms. The SMILES string of the molecule is Brc1ccccc1-c1cncn1CCCNC1CC1. The minimum Gasteiger partial charge on any atom is -0.331 e. The molecule has 0 saturated heterocycles. The Balaban J connectivity index is 1.65. The maximum atomic E-state index is 4.29. The van der Waals surface area contributed by atoms with Crippen LogP contribution in [0.15, 0.2) is 41.3 Å². The lowest BCUT2D eigenvalue weighted by molar-refractivity contribution is 0.581. The lowest BCUT2D eigenvalue weighted by atomic mass is 10.1. The van der Waals surface area contributed by atoms with Crippen molar-refractivity contribution in [2.45, 2.75) is 31.8 Å². The van der Waals surface area contributed by atoms with Gasteiger partial charge >= 0.3 is 0 Å². The second-order valence-electron chi connectivity index (χ2n) is 5.03. The summed E-state index contributed by atoms with van der Waals surface area (Å²) in [5.74, 6) is 0. The minimum absolute atomic E-state index is 0.797. The van der Waals surface area contributed by atoms with Crippen molar-refractivity contribution in [3.05, 3.63) is 41.3 Å². The van der Waals surface area contributed by atoms with E-state index in [0.717, 1.165) is 30.0 Å². The molecule has 1 fully saturated rings. The van der Waals surface area contributed by atoms with Crippen molar-refractivity contribution < 1.29 is 0 Å². The summed E-state index contributed by atoms with van der Waals surface area (Å²) in [7, 11) is 0. The molecule has 0 amide bonds. The van der Waals surface area contributed by atoms with Gasteiger partial charge in [-0.15, -0.1) is 0 Å². The number of halogens is 1. The maximum Gasteiger partial charge on any atom is 0.0950 e. The zero-order chi connectivity index (χ0) is 13.1. The zero-order valence-electron chi connectivity index (χ0n) is 10.8. The summed E-state index contributed by atoms with van der Waals surface area (Å²) in [6, 6.07) is 9.09. The largest absolute Gasteiger partial charge is 0.331 e. The van der Waals surface area contributed by atoms with Crippen LogP contribution in [0.3, 0.4) is 0 Å². The first-order chi connectivity index (χ1) is 9.34. The highest BCUT2D eigenvalue weighted by atomic mass is 79.9. The van der Waals surface area contributed by atoms with Gasteiger partial charge in [0.25, 0.3) is 0 Å². The molecule has 0 aliphatic heterocycles. The number of hydrogen-bond acceptors (Lipinski definition) is 2.